The van der Waals surface area contributed by atoms with Gasteiger partial charge in [0.2, 0.25) is 0 Å². The predicted octanol–water partition coefficient (Wildman–Crippen LogP) is 4.08. The predicted molar refractivity (Wildman–Crippen MR) is 67.4 cm³/mol. The highest BCUT2D eigenvalue weighted by Gasteiger charge is 2.24. The van der Waals surface area contributed by atoms with Crippen molar-refractivity contribution in [2.24, 2.45) is 11.8 Å². The molecule has 0 spiro atoms. The molecule has 1 unspecified atom stereocenters. The van der Waals surface area contributed by atoms with E-state index < -0.39 is 5.92 Å². The Kier molecular flexibility index (Phi) is 4.52. The molecule has 1 aromatic carbocycles. The van der Waals surface area contributed by atoms with Crippen molar-refractivity contribution in [3.05, 3.63) is 33.3 Å². The van der Waals surface area contributed by atoms with Crippen molar-refractivity contribution in [3.63, 3.8) is 0 Å². The molecule has 0 saturated carbocycles. The highest BCUT2D eigenvalue weighted by atomic mass is 79.9. The lowest BCUT2D eigenvalue weighted by Gasteiger charge is -2.12. The molecule has 1 aromatic rings. The number of benzene rings is 1. The van der Waals surface area contributed by atoms with Gasteiger partial charge in [0, 0.05) is 10.0 Å². The van der Waals surface area contributed by atoms with Gasteiger partial charge in [0.05, 0.1) is 11.1 Å². The van der Waals surface area contributed by atoms with Crippen LogP contribution in [-0.4, -0.2) is 5.78 Å². The summed E-state index contributed by atoms with van der Waals surface area (Å²) in [6.45, 7) is 3.69. The van der Waals surface area contributed by atoms with Crippen molar-refractivity contribution in [3.8, 4) is 6.07 Å². The van der Waals surface area contributed by atoms with Crippen molar-refractivity contribution < 1.29 is 4.79 Å². The van der Waals surface area contributed by atoms with E-state index >= 15 is 0 Å². The summed E-state index contributed by atoms with van der Waals surface area (Å²) in [4.78, 5) is 12.1. The molecule has 0 aliphatic carbocycles. The Morgan fingerprint density at radius 3 is 2.62 bits per heavy atom. The van der Waals surface area contributed by atoms with E-state index in [0.717, 1.165) is 4.47 Å². The molecule has 0 bridgehead atoms. The van der Waals surface area contributed by atoms with Crippen LogP contribution in [0.15, 0.2) is 22.7 Å². The van der Waals surface area contributed by atoms with Crippen LogP contribution in [0, 0.1) is 23.2 Å². The standard InChI is InChI=1S/C12H11BrClNO/c1-7(2)10(6-15)12(16)9-5-8(13)3-4-11(9)14/h3-5,7,10H,1-2H3. The number of ketones is 1. The molecular formula is C12H11BrClNO. The highest BCUT2D eigenvalue weighted by Crippen LogP contribution is 2.25. The van der Waals surface area contributed by atoms with Gasteiger partial charge in [-0.2, -0.15) is 5.26 Å². The summed E-state index contributed by atoms with van der Waals surface area (Å²) in [5.41, 5.74) is 0.399. The average molecular weight is 301 g/mol. The first-order chi connectivity index (χ1) is 7.47. The zero-order valence-corrected chi connectivity index (χ0v) is 11.3. The van der Waals surface area contributed by atoms with Gasteiger partial charge in [-0.05, 0) is 24.1 Å². The van der Waals surface area contributed by atoms with Gasteiger partial charge in [0.15, 0.2) is 5.78 Å². The van der Waals surface area contributed by atoms with Crippen LogP contribution in [0.5, 0.6) is 0 Å². The lowest BCUT2D eigenvalue weighted by molar-refractivity contribution is 0.0924. The number of nitrogens with zero attached hydrogens (tertiary/aromatic N) is 1. The number of hydrogen-bond donors (Lipinski definition) is 0. The van der Waals surface area contributed by atoms with E-state index in [9.17, 15) is 4.79 Å². The number of carbonyl (C=O) groups excluding carboxylic acids is 1. The van der Waals surface area contributed by atoms with Gasteiger partial charge >= 0.3 is 0 Å². The Labute approximate surface area is 108 Å². The first-order valence-electron chi connectivity index (χ1n) is 4.86. The van der Waals surface area contributed by atoms with Gasteiger partial charge in [-0.15, -0.1) is 0 Å². The molecule has 0 saturated heterocycles. The van der Waals surface area contributed by atoms with Gasteiger partial charge < -0.3 is 0 Å². The Bertz CT molecular complexity index is 451. The van der Waals surface area contributed by atoms with E-state index in [-0.39, 0.29) is 11.7 Å². The number of carbonyl (C=O) groups is 1. The zero-order chi connectivity index (χ0) is 12.3. The number of Topliss-reactive ketones (excluding diaryl/α,β-unsaturated/α-hetero) is 1. The second kappa shape index (κ2) is 5.47. The molecule has 0 heterocycles. The fourth-order valence-corrected chi connectivity index (χ4v) is 1.94. The Balaban J connectivity index is 3.14. The topological polar surface area (TPSA) is 40.9 Å². The van der Waals surface area contributed by atoms with Crippen molar-refractivity contribution in [2.75, 3.05) is 0 Å². The zero-order valence-electron chi connectivity index (χ0n) is 9.00. The molecule has 84 valence electrons. The molecule has 0 aliphatic heterocycles. The van der Waals surface area contributed by atoms with Crippen LogP contribution in [0.4, 0.5) is 0 Å². The summed E-state index contributed by atoms with van der Waals surface area (Å²) in [5.74, 6) is -0.886. The highest BCUT2D eigenvalue weighted by molar-refractivity contribution is 9.10. The maximum Gasteiger partial charge on any atom is 0.181 e. The molecule has 0 radical (unpaired) electrons. The minimum Gasteiger partial charge on any atom is -0.293 e. The van der Waals surface area contributed by atoms with Gasteiger partial charge in [-0.25, -0.2) is 0 Å². The minimum absolute atomic E-state index is 0.0208. The lowest BCUT2D eigenvalue weighted by atomic mass is 9.89. The lowest BCUT2D eigenvalue weighted by Crippen LogP contribution is -2.19. The van der Waals surface area contributed by atoms with E-state index in [1.807, 2.05) is 19.9 Å². The molecule has 1 atom stereocenters. The van der Waals surface area contributed by atoms with Crippen LogP contribution in [0.3, 0.4) is 0 Å². The van der Waals surface area contributed by atoms with Gasteiger partial charge in [-0.3, -0.25) is 4.79 Å². The molecule has 0 aliphatic rings. The summed E-state index contributed by atoms with van der Waals surface area (Å²) in [6, 6.07) is 7.08. The van der Waals surface area contributed by atoms with Crippen LogP contribution in [0.25, 0.3) is 0 Å². The molecule has 4 heteroatoms. The fourth-order valence-electron chi connectivity index (χ4n) is 1.36. The van der Waals surface area contributed by atoms with Crippen LogP contribution >= 0.6 is 27.5 Å². The third-order valence-corrected chi connectivity index (χ3v) is 3.10. The van der Waals surface area contributed by atoms with E-state index in [1.165, 1.54) is 0 Å². The second-order valence-electron chi connectivity index (χ2n) is 3.84. The van der Waals surface area contributed by atoms with Gasteiger partial charge in [0.1, 0.15) is 5.92 Å². The molecular weight excluding hydrogens is 289 g/mol. The summed E-state index contributed by atoms with van der Waals surface area (Å²) in [5, 5.41) is 9.35. The summed E-state index contributed by atoms with van der Waals surface area (Å²) < 4.78 is 0.778. The van der Waals surface area contributed by atoms with Crippen molar-refractivity contribution in [1.82, 2.24) is 0 Å². The van der Waals surface area contributed by atoms with Crippen LogP contribution < -0.4 is 0 Å². The molecule has 2 nitrogen and oxygen atoms in total. The number of hydrogen-bond acceptors (Lipinski definition) is 2. The molecule has 0 fully saturated rings. The monoisotopic (exact) mass is 299 g/mol. The molecule has 1 rings (SSSR count). The fraction of sp³-hybridized carbons (Fsp3) is 0.333. The normalized spacial score (nSPS) is 12.2. The van der Waals surface area contributed by atoms with Crippen LogP contribution in [0.2, 0.25) is 5.02 Å². The molecule has 16 heavy (non-hydrogen) atoms. The Morgan fingerprint density at radius 2 is 2.12 bits per heavy atom. The first kappa shape index (κ1) is 13.2. The Hall–Kier alpha value is -0.850. The van der Waals surface area contributed by atoms with E-state index in [0.29, 0.717) is 10.6 Å². The summed E-state index contributed by atoms with van der Waals surface area (Å²) in [7, 11) is 0. The second-order valence-corrected chi connectivity index (χ2v) is 5.16. The number of halogens is 2. The smallest absolute Gasteiger partial charge is 0.181 e. The van der Waals surface area contributed by atoms with Crippen molar-refractivity contribution in [2.45, 2.75) is 13.8 Å². The van der Waals surface area contributed by atoms with Crippen molar-refractivity contribution >= 4 is 33.3 Å². The van der Waals surface area contributed by atoms with Gasteiger partial charge in [-0.1, -0.05) is 41.4 Å². The quantitative estimate of drug-likeness (QED) is 0.789. The summed E-state index contributed by atoms with van der Waals surface area (Å²) in [6.07, 6.45) is 0. The maximum absolute atomic E-state index is 12.1. The van der Waals surface area contributed by atoms with Crippen molar-refractivity contribution in [1.29, 1.82) is 5.26 Å². The SMILES string of the molecule is CC(C)C(C#N)C(=O)c1cc(Br)ccc1Cl. The molecule has 0 amide bonds. The van der Waals surface area contributed by atoms with Gasteiger partial charge in [0.25, 0.3) is 0 Å². The maximum atomic E-state index is 12.1. The minimum atomic E-state index is -0.646. The molecule has 0 N–H and O–H groups in total. The van der Waals surface area contributed by atoms with E-state index in [4.69, 9.17) is 16.9 Å². The van der Waals surface area contributed by atoms with E-state index in [2.05, 4.69) is 15.9 Å². The van der Waals surface area contributed by atoms with E-state index in [1.54, 1.807) is 18.2 Å². The Morgan fingerprint density at radius 1 is 1.50 bits per heavy atom. The third kappa shape index (κ3) is 2.84. The average Bonchev–Trinajstić information content (AvgIpc) is 2.22. The first-order valence-corrected chi connectivity index (χ1v) is 6.03. The number of rotatable bonds is 3. The largest absolute Gasteiger partial charge is 0.293 e. The summed E-state index contributed by atoms with van der Waals surface area (Å²) >= 11 is 9.22. The third-order valence-electron chi connectivity index (χ3n) is 2.28. The molecule has 0 aromatic heterocycles. The van der Waals surface area contributed by atoms with Crippen LogP contribution in [0.1, 0.15) is 24.2 Å². The van der Waals surface area contributed by atoms with Crippen LogP contribution in [-0.2, 0) is 0 Å². The number of nitriles is 1.